The molecule has 0 radical (unpaired) electrons. The number of anilines is 2. The summed E-state index contributed by atoms with van der Waals surface area (Å²) in [5, 5.41) is 3.56. The molecule has 0 spiro atoms. The van der Waals surface area contributed by atoms with Crippen molar-refractivity contribution in [2.24, 2.45) is 0 Å². The molecule has 0 unspecified atom stereocenters. The number of ether oxygens (including phenoxy) is 2. The molecule has 0 saturated carbocycles. The molecule has 33 heavy (non-hydrogen) atoms. The van der Waals surface area contributed by atoms with Gasteiger partial charge in [0, 0.05) is 12.5 Å². The summed E-state index contributed by atoms with van der Waals surface area (Å²) >= 11 is 0. The van der Waals surface area contributed by atoms with E-state index in [4.69, 9.17) is 9.47 Å². The van der Waals surface area contributed by atoms with Crippen molar-refractivity contribution in [3.05, 3.63) is 60.2 Å². The van der Waals surface area contributed by atoms with Crippen LogP contribution in [0.4, 0.5) is 24.5 Å². The highest BCUT2D eigenvalue weighted by molar-refractivity contribution is 7.93. The Hall–Kier alpha value is -3.31. The van der Waals surface area contributed by atoms with Gasteiger partial charge in [-0.3, -0.25) is 9.10 Å². The molecule has 0 fully saturated rings. The SMILES string of the molecule is COCCOc1ccc(C(F)(F)F)cc1NC(=O)CN1c2cccc3cccc(c23)S1(=O)=O. The predicted molar refractivity (Wildman–Crippen MR) is 116 cm³/mol. The summed E-state index contributed by atoms with van der Waals surface area (Å²) < 4.78 is 76.9. The zero-order valence-electron chi connectivity index (χ0n) is 17.3. The van der Waals surface area contributed by atoms with Gasteiger partial charge in [-0.15, -0.1) is 0 Å². The average Bonchev–Trinajstić information content (AvgIpc) is 2.97. The fraction of sp³-hybridized carbons (Fsp3) is 0.227. The minimum absolute atomic E-state index is 0.00284. The number of carbonyl (C=O) groups excluding carboxylic acids is 1. The third kappa shape index (κ3) is 4.33. The highest BCUT2D eigenvalue weighted by Gasteiger charge is 2.37. The molecule has 3 aromatic rings. The number of hydrogen-bond acceptors (Lipinski definition) is 5. The summed E-state index contributed by atoms with van der Waals surface area (Å²) in [6.45, 7) is -0.394. The van der Waals surface area contributed by atoms with Crippen LogP contribution >= 0.6 is 0 Å². The minimum Gasteiger partial charge on any atom is -0.489 e. The van der Waals surface area contributed by atoms with Crippen LogP contribution in [0, 0.1) is 0 Å². The van der Waals surface area contributed by atoms with Gasteiger partial charge in [0.25, 0.3) is 10.0 Å². The second kappa shape index (κ2) is 8.56. The third-order valence-electron chi connectivity index (χ3n) is 5.09. The van der Waals surface area contributed by atoms with Gasteiger partial charge in [0.15, 0.2) is 0 Å². The predicted octanol–water partition coefficient (Wildman–Crippen LogP) is 4.03. The summed E-state index contributed by atoms with van der Waals surface area (Å²) in [6.07, 6.45) is -4.64. The number of amides is 1. The van der Waals surface area contributed by atoms with Crippen molar-refractivity contribution in [1.82, 2.24) is 0 Å². The number of alkyl halides is 3. The Balaban J connectivity index is 1.62. The van der Waals surface area contributed by atoms with Crippen molar-refractivity contribution >= 4 is 38.1 Å². The number of nitrogens with one attached hydrogen (secondary N) is 1. The maximum Gasteiger partial charge on any atom is 0.416 e. The number of sulfonamides is 1. The van der Waals surface area contributed by atoms with Crippen molar-refractivity contribution in [2.45, 2.75) is 11.1 Å². The first kappa shape index (κ1) is 22.9. The lowest BCUT2D eigenvalue weighted by atomic mass is 10.1. The Morgan fingerprint density at radius 1 is 1.06 bits per heavy atom. The van der Waals surface area contributed by atoms with Crippen LogP contribution in [0.2, 0.25) is 0 Å². The van der Waals surface area contributed by atoms with Gasteiger partial charge in [-0.25, -0.2) is 8.42 Å². The van der Waals surface area contributed by atoms with E-state index in [0.29, 0.717) is 16.5 Å². The summed E-state index contributed by atoms with van der Waals surface area (Å²) in [7, 11) is -2.56. The average molecular weight is 480 g/mol. The number of carbonyl (C=O) groups is 1. The highest BCUT2D eigenvalue weighted by atomic mass is 32.2. The molecule has 1 aliphatic heterocycles. The molecule has 4 rings (SSSR count). The normalized spacial score (nSPS) is 14.5. The van der Waals surface area contributed by atoms with Gasteiger partial charge in [0.2, 0.25) is 5.91 Å². The fourth-order valence-electron chi connectivity index (χ4n) is 3.61. The van der Waals surface area contributed by atoms with E-state index in [1.165, 1.54) is 13.2 Å². The molecule has 0 aliphatic carbocycles. The fourth-order valence-corrected chi connectivity index (χ4v) is 5.28. The van der Waals surface area contributed by atoms with Gasteiger partial charge < -0.3 is 14.8 Å². The van der Waals surface area contributed by atoms with E-state index in [9.17, 15) is 26.4 Å². The molecule has 1 amide bonds. The first-order valence-electron chi connectivity index (χ1n) is 9.80. The largest absolute Gasteiger partial charge is 0.489 e. The van der Waals surface area contributed by atoms with E-state index in [-0.39, 0.29) is 29.5 Å². The number of methoxy groups -OCH3 is 1. The lowest BCUT2D eigenvalue weighted by Gasteiger charge is -2.20. The Kier molecular flexibility index (Phi) is 5.93. The second-order valence-electron chi connectivity index (χ2n) is 7.24. The molecule has 0 saturated heterocycles. The van der Waals surface area contributed by atoms with Gasteiger partial charge in [0.05, 0.1) is 28.4 Å². The van der Waals surface area contributed by atoms with Crippen molar-refractivity contribution in [3.63, 3.8) is 0 Å². The van der Waals surface area contributed by atoms with Crippen LogP contribution < -0.4 is 14.4 Å². The Bertz CT molecular complexity index is 1320. The molecule has 0 bridgehead atoms. The van der Waals surface area contributed by atoms with Crippen molar-refractivity contribution in [2.75, 3.05) is 36.5 Å². The summed E-state index contributed by atoms with van der Waals surface area (Å²) in [4.78, 5) is 12.9. The number of hydrogen-bond donors (Lipinski definition) is 1. The van der Waals surface area contributed by atoms with E-state index in [2.05, 4.69) is 5.32 Å². The van der Waals surface area contributed by atoms with Crippen molar-refractivity contribution in [1.29, 1.82) is 0 Å². The summed E-state index contributed by atoms with van der Waals surface area (Å²) in [5.74, 6) is -0.817. The maximum absolute atomic E-state index is 13.2. The molecule has 0 atom stereocenters. The quantitative estimate of drug-likeness (QED) is 0.516. The second-order valence-corrected chi connectivity index (χ2v) is 9.07. The van der Waals surface area contributed by atoms with Crippen molar-refractivity contribution < 1.29 is 35.9 Å². The van der Waals surface area contributed by atoms with Crippen molar-refractivity contribution in [3.8, 4) is 5.75 Å². The molecule has 1 N–H and O–H groups in total. The lowest BCUT2D eigenvalue weighted by Crippen LogP contribution is -2.35. The Morgan fingerprint density at radius 3 is 2.48 bits per heavy atom. The van der Waals surface area contributed by atoms with Crippen LogP contribution in [0.1, 0.15) is 5.56 Å². The topological polar surface area (TPSA) is 84.9 Å². The first-order chi connectivity index (χ1) is 15.6. The monoisotopic (exact) mass is 480 g/mol. The van der Waals surface area contributed by atoms with E-state index in [1.807, 2.05) is 0 Å². The molecule has 1 aliphatic rings. The molecule has 11 heteroatoms. The lowest BCUT2D eigenvalue weighted by molar-refractivity contribution is -0.137. The van der Waals surface area contributed by atoms with Gasteiger partial charge >= 0.3 is 6.18 Å². The molecular formula is C22H19F3N2O5S. The van der Waals surface area contributed by atoms with E-state index < -0.39 is 34.2 Å². The van der Waals surface area contributed by atoms with Crippen LogP contribution in [0.15, 0.2) is 59.5 Å². The van der Waals surface area contributed by atoms with Gasteiger partial charge in [-0.05, 0) is 35.7 Å². The smallest absolute Gasteiger partial charge is 0.416 e. The highest BCUT2D eigenvalue weighted by Crippen LogP contribution is 2.42. The first-order valence-corrected chi connectivity index (χ1v) is 11.2. The Morgan fingerprint density at radius 2 is 1.79 bits per heavy atom. The zero-order valence-corrected chi connectivity index (χ0v) is 18.2. The molecule has 0 aromatic heterocycles. The number of benzene rings is 3. The summed E-state index contributed by atoms with van der Waals surface area (Å²) in [6, 6.07) is 12.5. The number of halogens is 3. The number of nitrogens with zero attached hydrogens (tertiary/aromatic N) is 1. The van der Waals surface area contributed by atoms with Crippen LogP contribution in [0.3, 0.4) is 0 Å². The summed E-state index contributed by atoms with van der Waals surface area (Å²) in [5.41, 5.74) is -0.875. The van der Waals surface area contributed by atoms with E-state index in [1.54, 1.807) is 30.3 Å². The van der Waals surface area contributed by atoms with Gasteiger partial charge in [0.1, 0.15) is 18.9 Å². The van der Waals surface area contributed by atoms with Crippen LogP contribution in [-0.4, -0.2) is 41.2 Å². The van der Waals surface area contributed by atoms with E-state index >= 15 is 0 Å². The minimum atomic E-state index is -4.64. The molecule has 1 heterocycles. The van der Waals surface area contributed by atoms with Gasteiger partial charge in [-0.1, -0.05) is 24.3 Å². The van der Waals surface area contributed by atoms with Crippen LogP contribution in [-0.2, 0) is 25.7 Å². The molecule has 7 nitrogen and oxygen atoms in total. The van der Waals surface area contributed by atoms with Gasteiger partial charge in [-0.2, -0.15) is 13.2 Å². The molecule has 174 valence electrons. The third-order valence-corrected chi connectivity index (χ3v) is 6.90. The zero-order chi connectivity index (χ0) is 23.8. The maximum atomic E-state index is 13.2. The van der Waals surface area contributed by atoms with E-state index in [0.717, 1.165) is 22.5 Å². The Labute approximate surface area is 187 Å². The molecular weight excluding hydrogens is 461 g/mol. The standard InChI is InChI=1S/C22H19F3N2O5S/c1-31-10-11-32-18-9-8-15(22(23,24)25)12-16(18)26-20(28)13-27-17-6-2-4-14-5-3-7-19(21(14)17)33(27,29)30/h2-9,12H,10-11,13H2,1H3,(H,26,28). The number of rotatable bonds is 7. The van der Waals surface area contributed by atoms with Crippen LogP contribution in [0.5, 0.6) is 5.75 Å². The van der Waals surface area contributed by atoms with Crippen LogP contribution in [0.25, 0.3) is 10.8 Å². The molecule has 3 aromatic carbocycles.